The summed E-state index contributed by atoms with van der Waals surface area (Å²) in [6.45, 7) is 10.2. The zero-order chi connectivity index (χ0) is 22.8. The molecule has 0 radical (unpaired) electrons. The summed E-state index contributed by atoms with van der Waals surface area (Å²) >= 11 is 0.149. The quantitative estimate of drug-likeness (QED) is 0.250. The number of aromatic nitrogens is 1. The first-order chi connectivity index (χ1) is 15.1. The molecule has 0 N–H and O–H groups in total. The summed E-state index contributed by atoms with van der Waals surface area (Å²) in [5.74, 6) is 0. The number of hydrogen-bond acceptors (Lipinski definition) is 1. The van der Waals surface area contributed by atoms with Crippen LogP contribution in [0, 0.1) is 19.3 Å². The molecule has 0 saturated carbocycles. The van der Waals surface area contributed by atoms with E-state index in [1.165, 1.54) is 41.4 Å². The Bertz CT molecular complexity index is 1490. The molecule has 3 aromatic carbocycles. The van der Waals surface area contributed by atoms with Gasteiger partial charge >= 0.3 is 187 Å². The van der Waals surface area contributed by atoms with Crippen molar-refractivity contribution in [2.45, 2.75) is 41.0 Å². The molecule has 0 aliphatic rings. The summed E-state index contributed by atoms with van der Waals surface area (Å²) in [5, 5.41) is 4.94. The van der Waals surface area contributed by atoms with Crippen LogP contribution < -0.4 is 0 Å². The fourth-order valence-electron chi connectivity index (χ4n) is 4.32. The van der Waals surface area contributed by atoms with E-state index < -0.39 is 11.8 Å². The average Bonchev–Trinajstić information content (AvgIpc) is 3.11. The Balaban J connectivity index is 1.76. The molecule has 0 aliphatic heterocycles. The summed E-state index contributed by atoms with van der Waals surface area (Å²) in [6, 6.07) is 19.3. The van der Waals surface area contributed by atoms with Gasteiger partial charge in [0.15, 0.2) is 0 Å². The van der Waals surface area contributed by atoms with E-state index in [4.69, 9.17) is 7.73 Å². The maximum absolute atomic E-state index is 8.67. The van der Waals surface area contributed by atoms with Gasteiger partial charge in [0.1, 0.15) is 0 Å². The first kappa shape index (κ1) is 17.3. The molecule has 0 atom stereocenters. The first-order valence-electron chi connectivity index (χ1n) is 11.4. The second kappa shape index (κ2) is 7.08. The van der Waals surface area contributed by atoms with Gasteiger partial charge in [0.2, 0.25) is 0 Å². The summed E-state index contributed by atoms with van der Waals surface area (Å²) in [5.41, 5.74) is 5.09. The molecule has 0 unspecified atom stereocenters. The number of nitrogens with zero attached hydrogens (tertiary/aromatic N) is 1. The van der Waals surface area contributed by atoms with Crippen molar-refractivity contribution in [1.29, 1.82) is 0 Å². The molecule has 1 nitrogen and oxygen atoms in total. The van der Waals surface area contributed by atoms with Crippen LogP contribution >= 0.6 is 0 Å². The van der Waals surface area contributed by atoms with Crippen LogP contribution in [0.25, 0.3) is 41.3 Å². The second-order valence-corrected chi connectivity index (χ2v) is 11.4. The molecule has 5 aromatic rings. The Hall–Kier alpha value is -2.41. The molecular formula is C28H27NSe. The van der Waals surface area contributed by atoms with Gasteiger partial charge in [0, 0.05) is 0 Å². The number of benzene rings is 3. The van der Waals surface area contributed by atoms with Crippen molar-refractivity contribution in [2.75, 3.05) is 0 Å². The summed E-state index contributed by atoms with van der Waals surface area (Å²) in [6.07, 6.45) is 0.538. The van der Waals surface area contributed by atoms with E-state index >= 15 is 0 Å². The Morgan fingerprint density at radius 1 is 0.833 bits per heavy atom. The third-order valence-electron chi connectivity index (χ3n) is 5.38. The second-order valence-electron chi connectivity index (χ2n) is 9.27. The molecule has 150 valence electrons. The van der Waals surface area contributed by atoms with E-state index in [0.29, 0.717) is 0 Å². The van der Waals surface area contributed by atoms with Crippen molar-refractivity contribution in [2.24, 2.45) is 5.41 Å². The zero-order valence-corrected chi connectivity index (χ0v) is 19.8. The van der Waals surface area contributed by atoms with Gasteiger partial charge in [-0.3, -0.25) is 0 Å². The third kappa shape index (κ3) is 3.49. The van der Waals surface area contributed by atoms with Crippen LogP contribution in [0.3, 0.4) is 0 Å². The Morgan fingerprint density at radius 3 is 2.27 bits per heavy atom. The molecule has 0 fully saturated rings. The van der Waals surface area contributed by atoms with Crippen molar-refractivity contribution in [1.82, 2.24) is 4.98 Å². The van der Waals surface area contributed by atoms with Gasteiger partial charge < -0.3 is 0 Å². The van der Waals surface area contributed by atoms with Crippen molar-refractivity contribution < 1.29 is 2.74 Å². The fraction of sp³-hybridized carbons (Fsp3) is 0.250. The van der Waals surface area contributed by atoms with Crippen molar-refractivity contribution in [3.05, 3.63) is 77.5 Å². The van der Waals surface area contributed by atoms with Gasteiger partial charge in [-0.15, -0.1) is 0 Å². The Labute approximate surface area is 187 Å². The number of pyridine rings is 1. The number of aryl methyl sites for hydroxylation is 2. The van der Waals surface area contributed by atoms with Gasteiger partial charge in [-0.05, 0) is 0 Å². The van der Waals surface area contributed by atoms with Crippen LogP contribution in [-0.2, 0) is 6.37 Å². The molecule has 0 saturated heterocycles. The van der Waals surface area contributed by atoms with Crippen LogP contribution in [0.4, 0.5) is 0 Å². The van der Waals surface area contributed by atoms with Crippen LogP contribution in [0.15, 0.2) is 60.8 Å². The molecule has 2 heterocycles. The molecule has 0 bridgehead atoms. The van der Waals surface area contributed by atoms with E-state index in [0.717, 1.165) is 16.6 Å². The van der Waals surface area contributed by atoms with E-state index in [1.807, 2.05) is 39.1 Å². The molecule has 0 aliphatic carbocycles. The van der Waals surface area contributed by atoms with Gasteiger partial charge in [0.25, 0.3) is 0 Å². The van der Waals surface area contributed by atoms with Crippen LogP contribution in [0.2, 0.25) is 0 Å². The van der Waals surface area contributed by atoms with E-state index in [2.05, 4.69) is 56.3 Å². The maximum atomic E-state index is 8.67. The topological polar surface area (TPSA) is 12.9 Å². The standard InChI is InChI=1S/C28H27NSe/c1-17-12-18(2)14-21(13-17)25-27-24(10-11-29-25)23-9-7-20-15-19(16-28(3,4)5)6-8-22(20)26(23)30-27/h6-15H,16H2,1-5H3/i16D2. The molecule has 5 rings (SSSR count). The van der Waals surface area contributed by atoms with Gasteiger partial charge in [-0.1, -0.05) is 0 Å². The molecular weight excluding hydrogens is 429 g/mol. The summed E-state index contributed by atoms with van der Waals surface area (Å²) < 4.78 is 20.1. The molecule has 2 aromatic heterocycles. The van der Waals surface area contributed by atoms with Crippen molar-refractivity contribution in [3.63, 3.8) is 0 Å². The van der Waals surface area contributed by atoms with Crippen LogP contribution in [-0.4, -0.2) is 19.5 Å². The number of rotatable bonds is 2. The molecule has 2 heteroatoms. The van der Waals surface area contributed by atoms with Crippen LogP contribution in [0.5, 0.6) is 0 Å². The monoisotopic (exact) mass is 459 g/mol. The molecule has 0 amide bonds. The third-order valence-corrected chi connectivity index (χ3v) is 8.03. The molecule has 0 spiro atoms. The summed E-state index contributed by atoms with van der Waals surface area (Å²) in [7, 11) is 0. The summed E-state index contributed by atoms with van der Waals surface area (Å²) in [4.78, 5) is 4.81. The zero-order valence-electron chi connectivity index (χ0n) is 20.1. The van der Waals surface area contributed by atoms with E-state index in [1.54, 1.807) is 0 Å². The average molecular weight is 459 g/mol. The van der Waals surface area contributed by atoms with Crippen LogP contribution in [0.1, 0.15) is 40.2 Å². The normalized spacial score (nSPS) is 13.8. The predicted molar refractivity (Wildman–Crippen MR) is 132 cm³/mol. The van der Waals surface area contributed by atoms with Crippen molar-refractivity contribution in [3.8, 4) is 11.3 Å². The Kier molecular flexibility index (Phi) is 4.08. The van der Waals surface area contributed by atoms with Gasteiger partial charge in [-0.2, -0.15) is 0 Å². The number of hydrogen-bond donors (Lipinski definition) is 0. The minimum atomic E-state index is -1.39. The number of fused-ring (bicyclic) bond motifs is 5. The Morgan fingerprint density at radius 2 is 1.53 bits per heavy atom. The van der Waals surface area contributed by atoms with Crippen molar-refractivity contribution >= 4 is 44.6 Å². The molecule has 30 heavy (non-hydrogen) atoms. The fourth-order valence-corrected chi connectivity index (χ4v) is 7.13. The first-order valence-corrected chi connectivity index (χ1v) is 12.1. The van der Waals surface area contributed by atoms with E-state index in [9.17, 15) is 0 Å². The SMILES string of the molecule is [2H]C([2H])(c1ccc2c(ccc3c4ccnc(-c5cc(C)cc(C)c5)c4[se]c23)c1)C(C)(C)C. The predicted octanol–water partition coefficient (Wildman–Crippen LogP) is 7.47. The minimum absolute atomic E-state index is 0.149. The van der Waals surface area contributed by atoms with Gasteiger partial charge in [0.05, 0.1) is 0 Å². The van der Waals surface area contributed by atoms with E-state index in [-0.39, 0.29) is 14.5 Å². The van der Waals surface area contributed by atoms with Gasteiger partial charge in [-0.25, -0.2) is 0 Å².